The minimum atomic E-state index is -0.876. The standard InChI is InChI=1S/C14H19FN2O3/c1-10(11-5-7-12(15)8-6-11)16-14(20)17(2)9-3-4-13(18)19/h5-8,10H,3-4,9H2,1-2H3,(H,16,20)(H,18,19). The molecule has 0 bridgehead atoms. The Bertz CT molecular complexity index is 462. The Balaban J connectivity index is 2.44. The summed E-state index contributed by atoms with van der Waals surface area (Å²) < 4.78 is 12.8. The van der Waals surface area contributed by atoms with Gasteiger partial charge in [0.25, 0.3) is 0 Å². The molecule has 6 heteroatoms. The maximum Gasteiger partial charge on any atom is 0.317 e. The Hall–Kier alpha value is -2.11. The van der Waals surface area contributed by atoms with Gasteiger partial charge in [-0.25, -0.2) is 9.18 Å². The Morgan fingerprint density at radius 2 is 1.95 bits per heavy atom. The monoisotopic (exact) mass is 282 g/mol. The van der Waals surface area contributed by atoms with Gasteiger partial charge in [-0.3, -0.25) is 4.79 Å². The number of hydrogen-bond donors (Lipinski definition) is 2. The van der Waals surface area contributed by atoms with Crippen LogP contribution in [0, 0.1) is 5.82 Å². The Morgan fingerprint density at radius 3 is 2.50 bits per heavy atom. The fourth-order valence-electron chi connectivity index (χ4n) is 1.70. The zero-order chi connectivity index (χ0) is 15.1. The highest BCUT2D eigenvalue weighted by atomic mass is 19.1. The molecular weight excluding hydrogens is 263 g/mol. The molecule has 2 amide bonds. The van der Waals surface area contributed by atoms with Gasteiger partial charge in [-0.05, 0) is 31.0 Å². The number of carbonyl (C=O) groups excluding carboxylic acids is 1. The maximum absolute atomic E-state index is 12.8. The van der Waals surface area contributed by atoms with Crippen LogP contribution >= 0.6 is 0 Å². The van der Waals surface area contributed by atoms with Crippen LogP contribution in [-0.2, 0) is 4.79 Å². The van der Waals surface area contributed by atoms with Gasteiger partial charge < -0.3 is 15.3 Å². The fraction of sp³-hybridized carbons (Fsp3) is 0.429. The molecule has 110 valence electrons. The van der Waals surface area contributed by atoms with E-state index in [0.717, 1.165) is 5.56 Å². The van der Waals surface area contributed by atoms with E-state index in [1.165, 1.54) is 17.0 Å². The molecule has 0 aliphatic carbocycles. The second-order valence-corrected chi connectivity index (χ2v) is 4.64. The number of carboxylic acids is 1. The van der Waals surface area contributed by atoms with Gasteiger partial charge in [0.05, 0.1) is 6.04 Å². The highest BCUT2D eigenvalue weighted by Crippen LogP contribution is 2.13. The number of amides is 2. The molecule has 1 rings (SSSR count). The van der Waals surface area contributed by atoms with Gasteiger partial charge in [0.15, 0.2) is 0 Å². The van der Waals surface area contributed by atoms with Crippen LogP contribution in [0.25, 0.3) is 0 Å². The van der Waals surface area contributed by atoms with E-state index < -0.39 is 5.97 Å². The average Bonchev–Trinajstić information content (AvgIpc) is 2.38. The molecule has 0 saturated carbocycles. The third-order valence-electron chi connectivity index (χ3n) is 2.94. The zero-order valence-electron chi connectivity index (χ0n) is 11.6. The second-order valence-electron chi connectivity index (χ2n) is 4.64. The minimum Gasteiger partial charge on any atom is -0.481 e. The first-order chi connectivity index (χ1) is 9.40. The summed E-state index contributed by atoms with van der Waals surface area (Å²) in [5, 5.41) is 11.3. The van der Waals surface area contributed by atoms with Crippen molar-refractivity contribution in [3.8, 4) is 0 Å². The van der Waals surface area contributed by atoms with Crippen molar-refractivity contribution in [2.24, 2.45) is 0 Å². The third kappa shape index (κ3) is 5.26. The SMILES string of the molecule is CC(NC(=O)N(C)CCCC(=O)O)c1ccc(F)cc1. The van der Waals surface area contributed by atoms with Crippen LogP contribution in [-0.4, -0.2) is 35.6 Å². The molecule has 20 heavy (non-hydrogen) atoms. The van der Waals surface area contributed by atoms with E-state index in [2.05, 4.69) is 5.32 Å². The molecule has 0 aliphatic rings. The number of nitrogens with one attached hydrogen (secondary N) is 1. The lowest BCUT2D eigenvalue weighted by Crippen LogP contribution is -2.39. The minimum absolute atomic E-state index is 0.0329. The van der Waals surface area contributed by atoms with Crippen LogP contribution in [0.3, 0.4) is 0 Å². The summed E-state index contributed by atoms with van der Waals surface area (Å²) in [5.74, 6) is -1.20. The number of rotatable bonds is 6. The smallest absolute Gasteiger partial charge is 0.317 e. The lowest BCUT2D eigenvalue weighted by atomic mass is 10.1. The molecule has 0 fully saturated rings. The van der Waals surface area contributed by atoms with E-state index >= 15 is 0 Å². The van der Waals surface area contributed by atoms with Crippen LogP contribution < -0.4 is 5.32 Å². The molecule has 0 radical (unpaired) electrons. The van der Waals surface area contributed by atoms with E-state index in [9.17, 15) is 14.0 Å². The predicted molar refractivity (Wildman–Crippen MR) is 72.8 cm³/mol. The van der Waals surface area contributed by atoms with E-state index in [-0.39, 0.29) is 24.3 Å². The summed E-state index contributed by atoms with van der Waals surface area (Å²) in [6.45, 7) is 2.17. The summed E-state index contributed by atoms with van der Waals surface area (Å²) in [6, 6.07) is 5.38. The first-order valence-corrected chi connectivity index (χ1v) is 6.39. The molecule has 5 nitrogen and oxygen atoms in total. The summed E-state index contributed by atoms with van der Waals surface area (Å²) in [4.78, 5) is 23.7. The summed E-state index contributed by atoms with van der Waals surface area (Å²) in [7, 11) is 1.61. The van der Waals surface area contributed by atoms with Crippen LogP contribution in [0.1, 0.15) is 31.4 Å². The van der Waals surface area contributed by atoms with Crippen LogP contribution in [0.5, 0.6) is 0 Å². The number of carboxylic acid groups (broad SMARTS) is 1. The number of hydrogen-bond acceptors (Lipinski definition) is 2. The first kappa shape index (κ1) is 15.9. The number of carbonyl (C=O) groups is 2. The summed E-state index contributed by atoms with van der Waals surface area (Å²) in [5.41, 5.74) is 0.804. The molecule has 2 N–H and O–H groups in total. The number of nitrogens with zero attached hydrogens (tertiary/aromatic N) is 1. The van der Waals surface area contributed by atoms with Crippen molar-refractivity contribution in [3.05, 3.63) is 35.6 Å². The van der Waals surface area contributed by atoms with Gasteiger partial charge in [-0.15, -0.1) is 0 Å². The van der Waals surface area contributed by atoms with Crippen LogP contribution in [0.2, 0.25) is 0 Å². The third-order valence-corrected chi connectivity index (χ3v) is 2.94. The van der Waals surface area contributed by atoms with Crippen molar-refractivity contribution in [2.45, 2.75) is 25.8 Å². The number of halogens is 1. The Labute approximate surface area is 117 Å². The van der Waals surface area contributed by atoms with E-state index in [4.69, 9.17) is 5.11 Å². The maximum atomic E-state index is 12.8. The van der Waals surface area contributed by atoms with E-state index in [0.29, 0.717) is 13.0 Å². The highest BCUT2D eigenvalue weighted by Gasteiger charge is 2.13. The number of aliphatic carboxylic acids is 1. The predicted octanol–water partition coefficient (Wildman–Crippen LogP) is 2.39. The Morgan fingerprint density at radius 1 is 1.35 bits per heavy atom. The molecule has 1 unspecified atom stereocenters. The summed E-state index contributed by atoms with van der Waals surface area (Å²) in [6.07, 6.45) is 0.440. The molecular formula is C14H19FN2O3. The largest absolute Gasteiger partial charge is 0.481 e. The van der Waals surface area contributed by atoms with Gasteiger partial charge >= 0.3 is 12.0 Å². The molecule has 1 aromatic carbocycles. The van der Waals surface area contributed by atoms with Gasteiger partial charge in [0, 0.05) is 20.0 Å². The van der Waals surface area contributed by atoms with Crippen molar-refractivity contribution in [3.63, 3.8) is 0 Å². The highest BCUT2D eigenvalue weighted by molar-refractivity contribution is 5.74. The van der Waals surface area contributed by atoms with Crippen molar-refractivity contribution < 1.29 is 19.1 Å². The average molecular weight is 282 g/mol. The lowest BCUT2D eigenvalue weighted by molar-refractivity contribution is -0.137. The molecule has 1 aromatic rings. The molecule has 0 aliphatic heterocycles. The van der Waals surface area contributed by atoms with E-state index in [1.807, 2.05) is 0 Å². The van der Waals surface area contributed by atoms with Gasteiger partial charge in [0.1, 0.15) is 5.82 Å². The lowest BCUT2D eigenvalue weighted by Gasteiger charge is -2.21. The number of benzene rings is 1. The normalized spacial score (nSPS) is 11.8. The topological polar surface area (TPSA) is 69.6 Å². The first-order valence-electron chi connectivity index (χ1n) is 6.39. The van der Waals surface area contributed by atoms with Gasteiger partial charge in [-0.1, -0.05) is 12.1 Å². The molecule has 0 aromatic heterocycles. The van der Waals surface area contributed by atoms with Gasteiger partial charge in [-0.2, -0.15) is 0 Å². The van der Waals surface area contributed by atoms with Crippen LogP contribution in [0.4, 0.5) is 9.18 Å². The molecule has 0 spiro atoms. The molecule has 0 heterocycles. The quantitative estimate of drug-likeness (QED) is 0.841. The van der Waals surface area contributed by atoms with E-state index in [1.54, 1.807) is 26.1 Å². The molecule has 1 atom stereocenters. The zero-order valence-corrected chi connectivity index (χ0v) is 11.6. The van der Waals surface area contributed by atoms with Crippen molar-refractivity contribution >= 4 is 12.0 Å². The Kier molecular flexibility index (Phi) is 5.96. The van der Waals surface area contributed by atoms with Crippen molar-refractivity contribution in [1.29, 1.82) is 0 Å². The van der Waals surface area contributed by atoms with Crippen molar-refractivity contribution in [2.75, 3.05) is 13.6 Å². The fourth-order valence-corrected chi connectivity index (χ4v) is 1.70. The van der Waals surface area contributed by atoms with Crippen LogP contribution in [0.15, 0.2) is 24.3 Å². The molecule has 0 saturated heterocycles. The van der Waals surface area contributed by atoms with Crippen molar-refractivity contribution in [1.82, 2.24) is 10.2 Å². The number of urea groups is 1. The van der Waals surface area contributed by atoms with Gasteiger partial charge in [0.2, 0.25) is 0 Å². The summed E-state index contributed by atoms with van der Waals surface area (Å²) >= 11 is 0. The second kappa shape index (κ2) is 7.47.